The molecule has 2 atom stereocenters. The average Bonchev–Trinajstić information content (AvgIpc) is 2.17. The lowest BCUT2D eigenvalue weighted by atomic mass is 9.52. The summed E-state index contributed by atoms with van der Waals surface area (Å²) in [4.78, 5) is 11.8. The van der Waals surface area contributed by atoms with Crippen LogP contribution in [-0.2, 0) is 34.0 Å². The summed E-state index contributed by atoms with van der Waals surface area (Å²) in [6.45, 7) is 0. The summed E-state index contributed by atoms with van der Waals surface area (Å²) in [7, 11) is -8.10. The van der Waals surface area contributed by atoms with Crippen LogP contribution in [0.3, 0.4) is 0 Å². The predicted molar refractivity (Wildman–Crippen MR) is 78.6 cm³/mol. The normalized spacial score (nSPS) is 39.4. The largest absolute Gasteiger partial charge is 0.458 e. The van der Waals surface area contributed by atoms with Crippen LogP contribution in [0.15, 0.2) is 0 Å². The molecule has 4 saturated carbocycles. The second kappa shape index (κ2) is 5.14. The summed E-state index contributed by atoms with van der Waals surface area (Å²) in [6, 6.07) is 0. The van der Waals surface area contributed by atoms with Crippen LogP contribution >= 0.6 is 0 Å². The van der Waals surface area contributed by atoms with Gasteiger partial charge in [0.05, 0.1) is 11.9 Å². The van der Waals surface area contributed by atoms with Gasteiger partial charge < -0.3 is 4.74 Å². The van der Waals surface area contributed by atoms with E-state index in [0.29, 0.717) is 25.7 Å². The molecule has 0 spiro atoms. The molecule has 4 bridgehead atoms. The molecule has 2 unspecified atom stereocenters. The fourth-order valence-electron chi connectivity index (χ4n) is 5.05. The number of hydrogen-bond acceptors (Lipinski definition) is 7. The highest BCUT2D eigenvalue weighted by Crippen LogP contribution is 2.60. The number of ether oxygens (including phenoxy) is 1. The number of rotatable bonds is 5. The minimum Gasteiger partial charge on any atom is -0.458 e. The van der Waals surface area contributed by atoms with Crippen molar-refractivity contribution < 1.29 is 35.1 Å². The van der Waals surface area contributed by atoms with E-state index in [-0.39, 0.29) is 18.3 Å². The Morgan fingerprint density at radius 2 is 1.61 bits per heavy atom. The van der Waals surface area contributed by atoms with Gasteiger partial charge >= 0.3 is 5.97 Å². The van der Waals surface area contributed by atoms with E-state index >= 15 is 0 Å². The molecule has 10 heteroatoms. The van der Waals surface area contributed by atoms with Crippen molar-refractivity contribution in [2.75, 3.05) is 12.0 Å². The quantitative estimate of drug-likeness (QED) is 0.422. The number of carbonyl (C=O) groups excluding carboxylic acids is 1. The van der Waals surface area contributed by atoms with Gasteiger partial charge in [0.2, 0.25) is 0 Å². The predicted octanol–water partition coefficient (Wildman–Crippen LogP) is 0.485. The van der Waals surface area contributed by atoms with Crippen molar-refractivity contribution in [3.8, 4) is 0 Å². The second-order valence-electron chi connectivity index (χ2n) is 7.31. The second-order valence-corrected chi connectivity index (χ2v) is 10.3. The molecule has 4 aliphatic rings. The van der Waals surface area contributed by atoms with E-state index in [1.807, 2.05) is 0 Å². The van der Waals surface area contributed by atoms with Crippen LogP contribution in [0.5, 0.6) is 0 Å². The molecule has 0 aromatic carbocycles. The van der Waals surface area contributed by atoms with E-state index in [1.165, 1.54) is 0 Å². The molecule has 4 aliphatic carbocycles. The number of carbonyl (C=O) groups is 1. The molecule has 0 saturated heterocycles. The zero-order chi connectivity index (χ0) is 17.1. The fourth-order valence-corrected chi connectivity index (χ4v) is 6.25. The van der Waals surface area contributed by atoms with Gasteiger partial charge in [0, 0.05) is 6.42 Å². The fraction of sp³-hybridized carbons (Fsp3) is 0.923. The first-order chi connectivity index (χ1) is 10.4. The van der Waals surface area contributed by atoms with Crippen LogP contribution in [0.4, 0.5) is 0 Å². The van der Waals surface area contributed by atoms with E-state index in [0.717, 1.165) is 12.7 Å². The highest BCUT2D eigenvalue weighted by Gasteiger charge is 2.61. The van der Waals surface area contributed by atoms with E-state index in [4.69, 9.17) is 13.5 Å². The molecular weight excluding hydrogens is 348 g/mol. The van der Waals surface area contributed by atoms with E-state index in [9.17, 15) is 21.6 Å². The molecule has 0 aliphatic heterocycles. The molecular formula is C13H20O8S2. The molecule has 4 rings (SSSR count). The first kappa shape index (κ1) is 17.1. The Labute approximate surface area is 135 Å². The Bertz CT molecular complexity index is 709. The lowest BCUT2D eigenvalue weighted by Gasteiger charge is -2.60. The SMILES string of the molecule is CS(=O)(=O)OC12CC3CC(CC(OC(=O)CS(=O)(=O)O)(C3)C1)C2. The minimum atomic E-state index is -4.45. The third kappa shape index (κ3) is 3.86. The summed E-state index contributed by atoms with van der Waals surface area (Å²) >= 11 is 0. The third-order valence-electron chi connectivity index (χ3n) is 4.91. The summed E-state index contributed by atoms with van der Waals surface area (Å²) in [5.41, 5.74) is -1.76. The van der Waals surface area contributed by atoms with Crippen molar-refractivity contribution in [2.45, 2.75) is 49.7 Å². The molecule has 1 N–H and O–H groups in total. The number of esters is 1. The van der Waals surface area contributed by atoms with Crippen molar-refractivity contribution in [1.82, 2.24) is 0 Å². The van der Waals surface area contributed by atoms with Crippen molar-refractivity contribution in [3.63, 3.8) is 0 Å². The Morgan fingerprint density at radius 1 is 1.09 bits per heavy atom. The van der Waals surface area contributed by atoms with Crippen molar-refractivity contribution in [2.24, 2.45) is 11.8 Å². The van der Waals surface area contributed by atoms with Crippen LogP contribution in [-0.4, -0.2) is 50.6 Å². The highest BCUT2D eigenvalue weighted by atomic mass is 32.2. The van der Waals surface area contributed by atoms with Crippen LogP contribution in [0.1, 0.15) is 38.5 Å². The van der Waals surface area contributed by atoms with Gasteiger partial charge in [-0.25, -0.2) is 0 Å². The van der Waals surface area contributed by atoms with Gasteiger partial charge in [-0.3, -0.25) is 13.5 Å². The molecule has 0 aromatic heterocycles. The van der Waals surface area contributed by atoms with Gasteiger partial charge in [-0.1, -0.05) is 0 Å². The van der Waals surface area contributed by atoms with E-state index < -0.39 is 43.2 Å². The van der Waals surface area contributed by atoms with Crippen LogP contribution in [0.2, 0.25) is 0 Å². The summed E-state index contributed by atoms with van der Waals surface area (Å²) in [6.07, 6.45) is 4.56. The molecule has 0 radical (unpaired) electrons. The van der Waals surface area contributed by atoms with Crippen molar-refractivity contribution >= 4 is 26.2 Å². The van der Waals surface area contributed by atoms with E-state index in [2.05, 4.69) is 0 Å². The first-order valence-corrected chi connectivity index (χ1v) is 10.9. The van der Waals surface area contributed by atoms with Gasteiger partial charge in [-0.15, -0.1) is 0 Å². The topological polar surface area (TPSA) is 124 Å². The molecule has 132 valence electrons. The zero-order valence-electron chi connectivity index (χ0n) is 12.7. The molecule has 4 fully saturated rings. The summed E-state index contributed by atoms with van der Waals surface area (Å²) in [5.74, 6) is -1.72. The minimum absolute atomic E-state index is 0.191. The monoisotopic (exact) mass is 368 g/mol. The van der Waals surface area contributed by atoms with E-state index in [1.54, 1.807) is 0 Å². The first-order valence-electron chi connectivity index (χ1n) is 7.45. The lowest BCUT2D eigenvalue weighted by Crippen LogP contribution is -2.61. The zero-order valence-corrected chi connectivity index (χ0v) is 14.4. The Morgan fingerprint density at radius 3 is 2.09 bits per heavy atom. The summed E-state index contributed by atoms with van der Waals surface area (Å²) < 4.78 is 64.4. The Kier molecular flexibility index (Phi) is 3.83. The maximum atomic E-state index is 11.8. The smallest absolute Gasteiger partial charge is 0.324 e. The van der Waals surface area contributed by atoms with Gasteiger partial charge in [-0.05, 0) is 43.9 Å². The Hall–Kier alpha value is -0.710. The molecule has 23 heavy (non-hydrogen) atoms. The maximum absolute atomic E-state index is 11.8. The lowest BCUT2D eigenvalue weighted by molar-refractivity contribution is -0.210. The molecule has 0 amide bonds. The molecule has 0 heterocycles. The Balaban J connectivity index is 1.82. The van der Waals surface area contributed by atoms with Gasteiger partial charge in [0.25, 0.3) is 20.2 Å². The highest BCUT2D eigenvalue weighted by molar-refractivity contribution is 7.86. The van der Waals surface area contributed by atoms with Crippen LogP contribution in [0.25, 0.3) is 0 Å². The third-order valence-corrected chi connectivity index (χ3v) is 6.17. The average molecular weight is 368 g/mol. The van der Waals surface area contributed by atoms with Crippen molar-refractivity contribution in [1.29, 1.82) is 0 Å². The summed E-state index contributed by atoms with van der Waals surface area (Å²) in [5, 5.41) is 0. The van der Waals surface area contributed by atoms with Gasteiger partial charge in [0.1, 0.15) is 5.60 Å². The maximum Gasteiger partial charge on any atom is 0.324 e. The van der Waals surface area contributed by atoms with Crippen LogP contribution < -0.4 is 0 Å². The van der Waals surface area contributed by atoms with Gasteiger partial charge in [0.15, 0.2) is 5.75 Å². The van der Waals surface area contributed by atoms with Crippen molar-refractivity contribution in [3.05, 3.63) is 0 Å². The molecule has 8 nitrogen and oxygen atoms in total. The van der Waals surface area contributed by atoms with Crippen LogP contribution in [0, 0.1) is 11.8 Å². The molecule has 0 aromatic rings. The standard InChI is InChI=1S/C13H20O8S2/c1-22(15,16)21-13-5-9-2-10(6-13)4-12(3-9,8-13)20-11(14)7-23(17,18)19/h9-10H,2-8H2,1H3,(H,17,18,19). The number of hydrogen-bond donors (Lipinski definition) is 1. The van der Waals surface area contributed by atoms with Gasteiger partial charge in [-0.2, -0.15) is 16.8 Å².